The fourth-order valence-corrected chi connectivity index (χ4v) is 3.38. The van der Waals surface area contributed by atoms with Crippen LogP contribution in [-0.4, -0.2) is 43.4 Å². The molecule has 27 heavy (non-hydrogen) atoms. The molecule has 0 aliphatic carbocycles. The van der Waals surface area contributed by atoms with Crippen molar-refractivity contribution in [2.45, 2.75) is 13.1 Å². The average molecular weight is 371 g/mol. The zero-order chi connectivity index (χ0) is 19.3. The number of hydrogen-bond acceptors (Lipinski definition) is 6. The number of aromatic nitrogens is 4. The Balaban J connectivity index is 1.93. The number of anilines is 2. The first-order chi connectivity index (χ1) is 12.9. The van der Waals surface area contributed by atoms with Gasteiger partial charge in [0, 0.05) is 31.9 Å². The quantitative estimate of drug-likeness (QED) is 0.694. The van der Waals surface area contributed by atoms with Gasteiger partial charge in [0.25, 0.3) is 5.56 Å². The number of benzene rings is 1. The lowest BCUT2D eigenvalue weighted by atomic mass is 10.3. The normalized spacial score (nSPS) is 13.2. The molecule has 0 unspecified atom stereocenters. The first-order valence-corrected chi connectivity index (χ1v) is 8.26. The summed E-state index contributed by atoms with van der Waals surface area (Å²) < 4.78 is 8.90. The Morgan fingerprint density at radius 1 is 1.30 bits per heavy atom. The molecule has 10 nitrogen and oxygen atoms in total. The molecule has 0 spiro atoms. The summed E-state index contributed by atoms with van der Waals surface area (Å²) in [5.41, 5.74) is -0.0615. The van der Waals surface area contributed by atoms with Crippen molar-refractivity contribution in [2.24, 2.45) is 7.05 Å². The smallest absolute Gasteiger partial charge is 0.333 e. The highest BCUT2D eigenvalue weighted by atomic mass is 16.5. The highest BCUT2D eigenvalue weighted by Gasteiger charge is 2.29. The lowest BCUT2D eigenvalue weighted by molar-refractivity contribution is -0.137. The summed E-state index contributed by atoms with van der Waals surface area (Å²) in [5.74, 6) is -0.0376. The van der Waals surface area contributed by atoms with Crippen molar-refractivity contribution in [3.8, 4) is 5.75 Å². The van der Waals surface area contributed by atoms with E-state index in [0.29, 0.717) is 29.4 Å². The van der Waals surface area contributed by atoms with E-state index in [1.807, 2.05) is 29.2 Å². The topological polar surface area (TPSA) is 112 Å². The predicted molar refractivity (Wildman–Crippen MR) is 96.9 cm³/mol. The maximum absolute atomic E-state index is 12.8. The molecular formula is C17H17N5O5. The zero-order valence-electron chi connectivity index (χ0n) is 14.7. The van der Waals surface area contributed by atoms with Gasteiger partial charge in [-0.3, -0.25) is 14.2 Å². The number of aryl methyl sites for hydroxylation is 1. The molecule has 140 valence electrons. The highest BCUT2D eigenvalue weighted by Crippen LogP contribution is 2.33. The third kappa shape index (κ3) is 2.48. The monoisotopic (exact) mass is 371 g/mol. The van der Waals surface area contributed by atoms with Gasteiger partial charge < -0.3 is 19.3 Å². The van der Waals surface area contributed by atoms with Crippen LogP contribution in [0.5, 0.6) is 5.75 Å². The Morgan fingerprint density at radius 3 is 2.78 bits per heavy atom. The number of ether oxygens (including phenoxy) is 1. The van der Waals surface area contributed by atoms with E-state index >= 15 is 0 Å². The molecule has 0 saturated heterocycles. The first-order valence-electron chi connectivity index (χ1n) is 8.26. The second-order valence-corrected chi connectivity index (χ2v) is 6.22. The molecule has 0 amide bonds. The van der Waals surface area contributed by atoms with Crippen LogP contribution in [-0.2, 0) is 24.9 Å². The minimum atomic E-state index is -1.26. The van der Waals surface area contributed by atoms with Crippen LogP contribution in [0.2, 0.25) is 0 Å². The molecule has 0 bridgehead atoms. The fraction of sp³-hybridized carbons (Fsp3) is 0.294. The molecule has 0 saturated carbocycles. The lowest BCUT2D eigenvalue weighted by Gasteiger charge is -2.16. The summed E-state index contributed by atoms with van der Waals surface area (Å²) in [6.07, 6.45) is 0. The van der Waals surface area contributed by atoms with Crippen LogP contribution in [0.3, 0.4) is 0 Å². The van der Waals surface area contributed by atoms with Gasteiger partial charge in [-0.25, -0.2) is 9.36 Å². The van der Waals surface area contributed by atoms with Crippen molar-refractivity contribution in [1.82, 2.24) is 18.7 Å². The van der Waals surface area contributed by atoms with Gasteiger partial charge in [-0.05, 0) is 12.1 Å². The molecule has 0 fully saturated rings. The van der Waals surface area contributed by atoms with Crippen molar-refractivity contribution in [1.29, 1.82) is 0 Å². The van der Waals surface area contributed by atoms with E-state index in [0.717, 1.165) is 5.69 Å². The Labute approximate surface area is 152 Å². The van der Waals surface area contributed by atoms with Gasteiger partial charge in [-0.2, -0.15) is 4.98 Å². The van der Waals surface area contributed by atoms with Gasteiger partial charge in [0.1, 0.15) is 12.3 Å². The second kappa shape index (κ2) is 6.01. The molecule has 0 radical (unpaired) electrons. The fourth-order valence-electron chi connectivity index (χ4n) is 3.38. The third-order valence-electron chi connectivity index (χ3n) is 4.66. The number of methoxy groups -OCH3 is 1. The molecular weight excluding hydrogens is 354 g/mol. The molecule has 0 atom stereocenters. The van der Waals surface area contributed by atoms with Gasteiger partial charge in [0.15, 0.2) is 11.2 Å². The van der Waals surface area contributed by atoms with Crippen LogP contribution in [0.1, 0.15) is 0 Å². The summed E-state index contributed by atoms with van der Waals surface area (Å²) in [4.78, 5) is 42.6. The van der Waals surface area contributed by atoms with Gasteiger partial charge in [-0.1, -0.05) is 6.07 Å². The van der Waals surface area contributed by atoms with E-state index in [9.17, 15) is 14.4 Å². The molecule has 4 rings (SSSR count). The van der Waals surface area contributed by atoms with E-state index in [2.05, 4.69) is 4.98 Å². The third-order valence-corrected chi connectivity index (χ3v) is 4.66. The summed E-state index contributed by atoms with van der Waals surface area (Å²) in [5, 5.41) is 9.01. The Bertz CT molecular complexity index is 1190. The van der Waals surface area contributed by atoms with Crippen molar-refractivity contribution in [3.63, 3.8) is 0 Å². The van der Waals surface area contributed by atoms with Crippen LogP contribution in [0.4, 0.5) is 11.6 Å². The van der Waals surface area contributed by atoms with E-state index in [1.165, 1.54) is 11.6 Å². The van der Waals surface area contributed by atoms with Crippen LogP contribution in [0.15, 0.2) is 33.9 Å². The predicted octanol–water partition coefficient (Wildman–Crippen LogP) is 0.142. The van der Waals surface area contributed by atoms with Crippen molar-refractivity contribution >= 4 is 28.8 Å². The van der Waals surface area contributed by atoms with Gasteiger partial charge in [0.2, 0.25) is 5.95 Å². The number of carbonyl (C=O) groups is 1. The van der Waals surface area contributed by atoms with Crippen LogP contribution >= 0.6 is 0 Å². The van der Waals surface area contributed by atoms with E-state index in [-0.39, 0.29) is 11.2 Å². The number of rotatable bonds is 4. The van der Waals surface area contributed by atoms with Gasteiger partial charge >= 0.3 is 11.7 Å². The Morgan fingerprint density at radius 2 is 2.07 bits per heavy atom. The molecule has 10 heteroatoms. The number of nitrogens with zero attached hydrogens (tertiary/aromatic N) is 5. The minimum Gasteiger partial charge on any atom is -0.497 e. The summed E-state index contributed by atoms with van der Waals surface area (Å²) in [7, 11) is 3.06. The molecule has 3 heterocycles. The molecule has 3 aromatic rings. The SMILES string of the molecule is COc1cccc(N2CCn3c2nc2c3c(=O)n(CC(=O)O)c(=O)n2C)c1. The number of carboxylic acid groups (broad SMARTS) is 1. The Hall–Kier alpha value is -3.56. The van der Waals surface area contributed by atoms with Crippen LogP contribution < -0.4 is 20.9 Å². The van der Waals surface area contributed by atoms with Gasteiger partial charge in [0.05, 0.1) is 7.11 Å². The van der Waals surface area contributed by atoms with Crippen molar-refractivity contribution in [2.75, 3.05) is 18.6 Å². The largest absolute Gasteiger partial charge is 0.497 e. The van der Waals surface area contributed by atoms with Crippen molar-refractivity contribution < 1.29 is 14.6 Å². The molecule has 1 aromatic carbocycles. The van der Waals surface area contributed by atoms with Crippen LogP contribution in [0.25, 0.3) is 11.2 Å². The van der Waals surface area contributed by atoms with E-state index in [1.54, 1.807) is 11.7 Å². The highest BCUT2D eigenvalue weighted by molar-refractivity contribution is 5.78. The zero-order valence-corrected chi connectivity index (χ0v) is 14.7. The number of hydrogen-bond donors (Lipinski definition) is 1. The Kier molecular flexibility index (Phi) is 3.76. The summed E-state index contributed by atoms with van der Waals surface area (Å²) >= 11 is 0. The molecule has 1 aliphatic rings. The molecule has 2 aromatic heterocycles. The first kappa shape index (κ1) is 16.9. The standard InChI is InChI=1S/C17H17N5O5/c1-19-14-13(15(25)22(17(19)26)9-12(23)24)21-7-6-20(16(21)18-14)10-4-3-5-11(8-10)27-2/h3-5,8H,6-7,9H2,1-2H3,(H,23,24). The number of imidazole rings is 1. The number of carboxylic acids is 1. The molecule has 1 aliphatic heterocycles. The van der Waals surface area contributed by atoms with E-state index < -0.39 is 23.8 Å². The second-order valence-electron chi connectivity index (χ2n) is 6.22. The van der Waals surface area contributed by atoms with Gasteiger partial charge in [-0.15, -0.1) is 0 Å². The number of fused-ring (bicyclic) bond motifs is 3. The summed E-state index contributed by atoms with van der Waals surface area (Å²) in [6, 6.07) is 7.45. The van der Waals surface area contributed by atoms with Crippen molar-refractivity contribution in [3.05, 3.63) is 45.1 Å². The van der Waals surface area contributed by atoms with Crippen LogP contribution in [0, 0.1) is 0 Å². The minimum absolute atomic E-state index is 0.221. The average Bonchev–Trinajstić information content (AvgIpc) is 3.22. The maximum atomic E-state index is 12.8. The maximum Gasteiger partial charge on any atom is 0.333 e. The summed E-state index contributed by atoms with van der Waals surface area (Å²) in [6.45, 7) is 0.387. The molecule has 1 N–H and O–H groups in total. The number of aliphatic carboxylic acids is 1. The van der Waals surface area contributed by atoms with E-state index in [4.69, 9.17) is 9.84 Å². The lowest BCUT2D eigenvalue weighted by Crippen LogP contribution is -2.41.